The number of aromatic nitrogens is 6. The van der Waals surface area contributed by atoms with E-state index in [1.165, 1.54) is 30.9 Å². The monoisotopic (exact) mass is 391 g/mol. The van der Waals surface area contributed by atoms with Crippen molar-refractivity contribution in [3.63, 3.8) is 0 Å². The molecule has 0 aliphatic carbocycles. The third-order valence-electron chi connectivity index (χ3n) is 4.70. The largest absolute Gasteiger partial charge is 0.358 e. The Morgan fingerprint density at radius 2 is 1.93 bits per heavy atom. The first-order valence-electron chi connectivity index (χ1n) is 8.95. The van der Waals surface area contributed by atoms with E-state index in [4.69, 9.17) is 0 Å². The Morgan fingerprint density at radius 3 is 2.79 bits per heavy atom. The maximum absolute atomic E-state index is 14.6. The number of para-hydroxylation sites is 1. The quantitative estimate of drug-likeness (QED) is 0.481. The molecule has 2 aromatic carbocycles. The van der Waals surface area contributed by atoms with Gasteiger partial charge in [0.2, 0.25) is 0 Å². The molecule has 0 aliphatic rings. The lowest BCUT2D eigenvalue weighted by Crippen LogP contribution is -2.15. The summed E-state index contributed by atoms with van der Waals surface area (Å²) in [4.78, 5) is 20.1. The van der Waals surface area contributed by atoms with Crippen molar-refractivity contribution in [3.8, 4) is 5.69 Å². The average Bonchev–Trinajstić information content (AvgIpc) is 3.33. The van der Waals surface area contributed by atoms with Crippen molar-refractivity contribution < 1.29 is 8.78 Å². The van der Waals surface area contributed by atoms with E-state index in [2.05, 4.69) is 30.2 Å². The number of nitrogens with zero attached hydrogens (tertiary/aromatic N) is 5. The third kappa shape index (κ3) is 2.87. The highest BCUT2D eigenvalue weighted by Crippen LogP contribution is 2.29. The summed E-state index contributed by atoms with van der Waals surface area (Å²) >= 11 is 0. The van der Waals surface area contributed by atoms with E-state index in [0.29, 0.717) is 39.5 Å². The second-order valence-corrected chi connectivity index (χ2v) is 6.58. The van der Waals surface area contributed by atoms with Crippen LogP contribution in [0.1, 0.15) is 18.8 Å². The fourth-order valence-corrected chi connectivity index (χ4v) is 3.39. The number of hydrogen-bond donors (Lipinski definition) is 2. The van der Waals surface area contributed by atoms with Crippen molar-refractivity contribution in [2.45, 2.75) is 13.0 Å². The number of anilines is 1. The van der Waals surface area contributed by atoms with Crippen LogP contribution in [-0.2, 0) is 0 Å². The number of fused-ring (bicyclic) bond motifs is 2. The van der Waals surface area contributed by atoms with Gasteiger partial charge in [-0.15, -0.1) is 0 Å². The SMILES string of the molecule is CC(Nc1ncnc2nc[nH]c12)c1nc2ccc(F)cc2n1-c1ccccc1F. The van der Waals surface area contributed by atoms with Gasteiger partial charge in [0, 0.05) is 6.07 Å². The Morgan fingerprint density at radius 1 is 1.07 bits per heavy atom. The smallest absolute Gasteiger partial charge is 0.182 e. The summed E-state index contributed by atoms with van der Waals surface area (Å²) in [7, 11) is 0. The van der Waals surface area contributed by atoms with Crippen molar-refractivity contribution >= 4 is 28.0 Å². The lowest BCUT2D eigenvalue weighted by molar-refractivity contribution is 0.613. The van der Waals surface area contributed by atoms with Crippen molar-refractivity contribution in [2.24, 2.45) is 0 Å². The molecule has 1 unspecified atom stereocenters. The molecule has 2 N–H and O–H groups in total. The van der Waals surface area contributed by atoms with Crippen LogP contribution >= 0.6 is 0 Å². The number of imidazole rings is 2. The molecule has 0 aliphatic heterocycles. The molecule has 0 radical (unpaired) electrons. The van der Waals surface area contributed by atoms with E-state index in [9.17, 15) is 8.78 Å². The van der Waals surface area contributed by atoms with Gasteiger partial charge in [-0.2, -0.15) is 0 Å². The van der Waals surface area contributed by atoms with Crippen LogP contribution in [0, 0.1) is 11.6 Å². The topological polar surface area (TPSA) is 84.3 Å². The summed E-state index contributed by atoms with van der Waals surface area (Å²) in [5.74, 6) is 0.208. The van der Waals surface area contributed by atoms with Crippen LogP contribution < -0.4 is 5.32 Å². The number of halogens is 2. The normalized spacial score (nSPS) is 12.5. The number of H-pyrrole nitrogens is 1. The first-order chi connectivity index (χ1) is 14.1. The molecule has 0 spiro atoms. The Bertz CT molecular complexity index is 1340. The Labute approximate surface area is 163 Å². The van der Waals surface area contributed by atoms with Gasteiger partial charge in [-0.25, -0.2) is 28.7 Å². The van der Waals surface area contributed by atoms with Crippen LogP contribution in [0.4, 0.5) is 14.6 Å². The first-order valence-corrected chi connectivity index (χ1v) is 8.95. The molecule has 3 aromatic heterocycles. The molecule has 5 aromatic rings. The second-order valence-electron chi connectivity index (χ2n) is 6.58. The lowest BCUT2D eigenvalue weighted by atomic mass is 10.2. The van der Waals surface area contributed by atoms with E-state index in [1.807, 2.05) is 6.92 Å². The third-order valence-corrected chi connectivity index (χ3v) is 4.70. The minimum Gasteiger partial charge on any atom is -0.358 e. The molecule has 3 heterocycles. The van der Waals surface area contributed by atoms with Gasteiger partial charge < -0.3 is 10.3 Å². The van der Waals surface area contributed by atoms with E-state index < -0.39 is 11.6 Å². The number of aromatic amines is 1. The summed E-state index contributed by atoms with van der Waals surface area (Å²) in [6.45, 7) is 1.87. The Hall–Kier alpha value is -3.88. The minimum absolute atomic E-state index is 0.290. The van der Waals surface area contributed by atoms with Gasteiger partial charge in [-0.3, -0.25) is 4.57 Å². The van der Waals surface area contributed by atoms with E-state index >= 15 is 0 Å². The van der Waals surface area contributed by atoms with Crippen LogP contribution in [0.2, 0.25) is 0 Å². The highest BCUT2D eigenvalue weighted by molar-refractivity contribution is 5.82. The number of benzene rings is 2. The van der Waals surface area contributed by atoms with Crippen LogP contribution in [0.3, 0.4) is 0 Å². The Balaban J connectivity index is 1.67. The van der Waals surface area contributed by atoms with Crippen LogP contribution in [-0.4, -0.2) is 29.5 Å². The first kappa shape index (κ1) is 17.2. The van der Waals surface area contributed by atoms with E-state index in [0.717, 1.165) is 0 Å². The van der Waals surface area contributed by atoms with Crippen molar-refractivity contribution in [3.05, 3.63) is 72.6 Å². The zero-order valence-electron chi connectivity index (χ0n) is 15.3. The van der Waals surface area contributed by atoms with Gasteiger partial charge in [0.1, 0.15) is 29.3 Å². The van der Waals surface area contributed by atoms with Gasteiger partial charge >= 0.3 is 0 Å². The summed E-state index contributed by atoms with van der Waals surface area (Å²) in [5, 5.41) is 3.27. The Kier molecular flexibility index (Phi) is 3.94. The minimum atomic E-state index is -0.428. The molecule has 7 nitrogen and oxygen atoms in total. The zero-order valence-corrected chi connectivity index (χ0v) is 15.3. The highest BCUT2D eigenvalue weighted by Gasteiger charge is 2.21. The van der Waals surface area contributed by atoms with Gasteiger partial charge in [-0.05, 0) is 31.2 Å². The van der Waals surface area contributed by atoms with E-state index in [-0.39, 0.29) is 6.04 Å². The molecular formula is C20H15F2N7. The summed E-state index contributed by atoms with van der Waals surface area (Å²) in [5.41, 5.74) is 2.51. The molecule has 0 amide bonds. The molecule has 5 rings (SSSR count). The fraction of sp³-hybridized carbons (Fsp3) is 0.100. The standard InChI is InChI=1S/C20H15F2N7/c1-11(27-19-17-18(24-9-23-17)25-10-26-19)20-28-14-7-6-12(21)8-16(14)29(20)15-5-3-2-4-13(15)22/h2-11H,1H3,(H2,23,24,25,26,27). The summed E-state index contributed by atoms with van der Waals surface area (Å²) in [6, 6.07) is 10.2. The second kappa shape index (κ2) is 6.62. The lowest BCUT2D eigenvalue weighted by Gasteiger charge is -2.17. The number of hydrogen-bond acceptors (Lipinski definition) is 5. The van der Waals surface area contributed by atoms with E-state index in [1.54, 1.807) is 28.8 Å². The van der Waals surface area contributed by atoms with Crippen LogP contribution in [0.15, 0.2) is 55.1 Å². The molecule has 0 saturated carbocycles. The molecule has 1 atom stereocenters. The summed E-state index contributed by atoms with van der Waals surface area (Å²) in [6.07, 6.45) is 2.94. The van der Waals surface area contributed by atoms with Crippen molar-refractivity contribution in [2.75, 3.05) is 5.32 Å². The molecule has 0 fully saturated rings. The average molecular weight is 391 g/mol. The van der Waals surface area contributed by atoms with Crippen molar-refractivity contribution in [1.82, 2.24) is 29.5 Å². The van der Waals surface area contributed by atoms with Crippen LogP contribution in [0.25, 0.3) is 27.9 Å². The van der Waals surface area contributed by atoms with Gasteiger partial charge in [-0.1, -0.05) is 12.1 Å². The van der Waals surface area contributed by atoms with Crippen molar-refractivity contribution in [1.29, 1.82) is 0 Å². The molecule has 0 bridgehead atoms. The zero-order chi connectivity index (χ0) is 20.0. The fourth-order valence-electron chi connectivity index (χ4n) is 3.39. The van der Waals surface area contributed by atoms with Gasteiger partial charge in [0.15, 0.2) is 11.5 Å². The van der Waals surface area contributed by atoms with Gasteiger partial charge in [0.25, 0.3) is 0 Å². The molecule has 0 saturated heterocycles. The van der Waals surface area contributed by atoms with Crippen LogP contribution in [0.5, 0.6) is 0 Å². The maximum Gasteiger partial charge on any atom is 0.182 e. The molecule has 144 valence electrons. The number of rotatable bonds is 4. The predicted molar refractivity (Wildman–Crippen MR) is 105 cm³/mol. The highest BCUT2D eigenvalue weighted by atomic mass is 19.1. The van der Waals surface area contributed by atoms with Gasteiger partial charge in [0.05, 0.1) is 29.1 Å². The predicted octanol–water partition coefficient (Wildman–Crippen LogP) is 4.14. The maximum atomic E-state index is 14.6. The molecular weight excluding hydrogens is 376 g/mol. The summed E-state index contributed by atoms with van der Waals surface area (Å²) < 4.78 is 30.2. The molecule has 29 heavy (non-hydrogen) atoms. The number of nitrogens with one attached hydrogen (secondary N) is 2. The molecule has 9 heteroatoms.